The number of fused-ring (bicyclic) bond motifs is 7. The van der Waals surface area contributed by atoms with Crippen molar-refractivity contribution in [2.75, 3.05) is 4.90 Å². The molecule has 13 rings (SSSR count). The lowest BCUT2D eigenvalue weighted by Gasteiger charge is -2.61. The first kappa shape index (κ1) is 29.0. The number of furan rings is 1. The second-order valence-electron chi connectivity index (χ2n) is 16.2. The molecular formula is C50H39NO. The van der Waals surface area contributed by atoms with Crippen LogP contribution in [0, 0.1) is 23.7 Å². The Kier molecular flexibility index (Phi) is 5.98. The zero-order chi connectivity index (χ0) is 34.0. The third-order valence-electron chi connectivity index (χ3n) is 13.6. The Morgan fingerprint density at radius 1 is 0.442 bits per heavy atom. The summed E-state index contributed by atoms with van der Waals surface area (Å²) in [5.41, 5.74) is 14.1. The van der Waals surface area contributed by atoms with Gasteiger partial charge in [-0.15, -0.1) is 0 Å². The van der Waals surface area contributed by atoms with Crippen molar-refractivity contribution in [3.05, 3.63) is 163 Å². The molecule has 8 aromatic rings. The Bertz CT molecular complexity index is 2690. The monoisotopic (exact) mass is 669 g/mol. The molecule has 5 aliphatic carbocycles. The minimum Gasteiger partial charge on any atom is -0.456 e. The first-order chi connectivity index (χ1) is 25.7. The summed E-state index contributed by atoms with van der Waals surface area (Å²) in [6.07, 6.45) is 7.11. The topological polar surface area (TPSA) is 16.4 Å². The summed E-state index contributed by atoms with van der Waals surface area (Å²) in [6.45, 7) is 0. The maximum Gasteiger partial charge on any atom is 0.137 e. The molecule has 0 amide bonds. The Labute approximate surface area is 304 Å². The summed E-state index contributed by atoms with van der Waals surface area (Å²) < 4.78 is 6.38. The van der Waals surface area contributed by atoms with Crippen LogP contribution in [0.5, 0.6) is 0 Å². The van der Waals surface area contributed by atoms with Crippen LogP contribution in [0.25, 0.3) is 55.0 Å². The molecule has 4 saturated carbocycles. The minimum absolute atomic E-state index is 0.178. The van der Waals surface area contributed by atoms with Crippen LogP contribution < -0.4 is 4.90 Å². The molecule has 4 bridgehead atoms. The van der Waals surface area contributed by atoms with Crippen molar-refractivity contribution in [2.45, 2.75) is 37.5 Å². The second kappa shape index (κ2) is 10.7. The number of anilines is 3. The summed E-state index contributed by atoms with van der Waals surface area (Å²) in [7, 11) is 0. The molecule has 0 N–H and O–H groups in total. The number of para-hydroxylation sites is 1. The van der Waals surface area contributed by atoms with Gasteiger partial charge in [-0.2, -0.15) is 0 Å². The van der Waals surface area contributed by atoms with Crippen LogP contribution in [-0.4, -0.2) is 0 Å². The third kappa shape index (κ3) is 4.01. The number of hydrogen-bond acceptors (Lipinski definition) is 2. The molecule has 250 valence electrons. The van der Waals surface area contributed by atoms with Gasteiger partial charge < -0.3 is 9.32 Å². The molecule has 4 fully saturated rings. The van der Waals surface area contributed by atoms with Gasteiger partial charge in [-0.05, 0) is 148 Å². The highest BCUT2D eigenvalue weighted by atomic mass is 16.3. The van der Waals surface area contributed by atoms with E-state index in [1.165, 1.54) is 65.1 Å². The van der Waals surface area contributed by atoms with E-state index in [0.29, 0.717) is 0 Å². The van der Waals surface area contributed by atoms with Crippen LogP contribution in [0.1, 0.15) is 43.2 Å². The van der Waals surface area contributed by atoms with Crippen LogP contribution in [0.4, 0.5) is 17.1 Å². The second-order valence-corrected chi connectivity index (χ2v) is 16.2. The zero-order valence-electron chi connectivity index (χ0n) is 29.1. The van der Waals surface area contributed by atoms with Crippen molar-refractivity contribution in [1.29, 1.82) is 0 Å². The van der Waals surface area contributed by atoms with Gasteiger partial charge in [-0.3, -0.25) is 0 Å². The summed E-state index contributed by atoms with van der Waals surface area (Å²) in [5.74, 6) is 3.42. The molecule has 0 saturated heterocycles. The van der Waals surface area contributed by atoms with Crippen molar-refractivity contribution < 1.29 is 4.42 Å². The fraction of sp³-hybridized carbons (Fsp3) is 0.200. The molecule has 1 aromatic heterocycles. The molecule has 0 radical (unpaired) electrons. The fourth-order valence-corrected chi connectivity index (χ4v) is 11.8. The van der Waals surface area contributed by atoms with Crippen LogP contribution in [0.2, 0.25) is 0 Å². The van der Waals surface area contributed by atoms with E-state index in [9.17, 15) is 0 Å². The van der Waals surface area contributed by atoms with E-state index >= 15 is 0 Å². The Balaban J connectivity index is 0.973. The average Bonchev–Trinajstić information content (AvgIpc) is 3.70. The molecule has 52 heavy (non-hydrogen) atoms. The normalized spacial score (nSPS) is 23.8. The first-order valence-electron chi connectivity index (χ1n) is 19.3. The molecular weight excluding hydrogens is 631 g/mol. The predicted octanol–water partition coefficient (Wildman–Crippen LogP) is 13.6. The van der Waals surface area contributed by atoms with Crippen LogP contribution in [-0.2, 0) is 5.41 Å². The standard InChI is InChI=1S/C50H39NO/c1-2-8-35-28-40(19-15-33(35)7-1)51(41-20-22-45-44-10-4-6-12-48(44)52-49(45)30-41)39-17-13-34(14-18-39)36-16-21-43-42-9-3-5-11-46(42)50(47(43)29-36)37-24-31-23-32(26-37)27-38(50)25-31/h1-22,28-32,37-38H,23-27H2. The quantitative estimate of drug-likeness (QED) is 0.185. The number of benzene rings is 7. The molecule has 0 atom stereocenters. The van der Waals surface area contributed by atoms with E-state index in [0.717, 1.165) is 62.7 Å². The third-order valence-corrected chi connectivity index (χ3v) is 13.6. The van der Waals surface area contributed by atoms with Crippen molar-refractivity contribution in [3.63, 3.8) is 0 Å². The molecule has 5 aliphatic rings. The van der Waals surface area contributed by atoms with E-state index in [-0.39, 0.29) is 5.41 Å². The van der Waals surface area contributed by atoms with Crippen LogP contribution >= 0.6 is 0 Å². The van der Waals surface area contributed by atoms with E-state index in [1.807, 2.05) is 6.07 Å². The Morgan fingerprint density at radius 3 is 1.92 bits per heavy atom. The molecule has 2 nitrogen and oxygen atoms in total. The van der Waals surface area contributed by atoms with Gasteiger partial charge in [0, 0.05) is 39.3 Å². The highest BCUT2D eigenvalue weighted by Gasteiger charge is 2.61. The molecule has 1 heterocycles. The molecule has 1 spiro atoms. The predicted molar refractivity (Wildman–Crippen MR) is 215 cm³/mol. The average molecular weight is 670 g/mol. The largest absolute Gasteiger partial charge is 0.456 e. The zero-order valence-corrected chi connectivity index (χ0v) is 29.1. The lowest BCUT2D eigenvalue weighted by Crippen LogP contribution is -2.55. The van der Waals surface area contributed by atoms with Crippen molar-refractivity contribution in [1.82, 2.24) is 0 Å². The lowest BCUT2D eigenvalue weighted by atomic mass is 9.43. The van der Waals surface area contributed by atoms with Crippen molar-refractivity contribution >= 4 is 49.8 Å². The van der Waals surface area contributed by atoms with Crippen molar-refractivity contribution in [3.8, 4) is 22.3 Å². The first-order valence-corrected chi connectivity index (χ1v) is 19.3. The van der Waals surface area contributed by atoms with Gasteiger partial charge in [-0.25, -0.2) is 0 Å². The van der Waals surface area contributed by atoms with Gasteiger partial charge in [-0.1, -0.05) is 97.1 Å². The van der Waals surface area contributed by atoms with Gasteiger partial charge >= 0.3 is 0 Å². The Hall–Kier alpha value is -5.60. The van der Waals surface area contributed by atoms with E-state index in [1.54, 1.807) is 11.1 Å². The van der Waals surface area contributed by atoms with E-state index < -0.39 is 0 Å². The fourth-order valence-electron chi connectivity index (χ4n) is 11.8. The minimum atomic E-state index is 0.178. The SMILES string of the molecule is c1ccc2c(c1)-c1ccc(-c3ccc(N(c4ccc5ccccc5c4)c4ccc5c(c4)oc4ccccc45)cc3)cc1C21C2CC3CC(C2)CC1C3. The number of rotatable bonds is 4. The van der Waals surface area contributed by atoms with Crippen LogP contribution in [0.3, 0.4) is 0 Å². The number of nitrogens with zero attached hydrogens (tertiary/aromatic N) is 1. The Morgan fingerprint density at radius 2 is 1.08 bits per heavy atom. The van der Waals surface area contributed by atoms with Crippen LogP contribution in [0.15, 0.2) is 156 Å². The summed E-state index contributed by atoms with van der Waals surface area (Å²) in [6, 6.07) is 56.4. The number of hydrogen-bond donors (Lipinski definition) is 0. The van der Waals surface area contributed by atoms with Gasteiger partial charge in [0.1, 0.15) is 11.2 Å². The highest BCUT2D eigenvalue weighted by Crippen LogP contribution is 2.69. The van der Waals surface area contributed by atoms with Crippen molar-refractivity contribution in [2.24, 2.45) is 23.7 Å². The lowest BCUT2D eigenvalue weighted by molar-refractivity contribution is -0.0399. The van der Waals surface area contributed by atoms with Gasteiger partial charge in [0.15, 0.2) is 0 Å². The molecule has 7 aromatic carbocycles. The smallest absolute Gasteiger partial charge is 0.137 e. The maximum absolute atomic E-state index is 6.38. The molecule has 2 heteroatoms. The van der Waals surface area contributed by atoms with E-state index in [2.05, 4.69) is 150 Å². The van der Waals surface area contributed by atoms with Gasteiger partial charge in [0.05, 0.1) is 0 Å². The summed E-state index contributed by atoms with van der Waals surface area (Å²) in [4.78, 5) is 2.37. The van der Waals surface area contributed by atoms with Gasteiger partial charge in [0.2, 0.25) is 0 Å². The maximum atomic E-state index is 6.38. The highest BCUT2D eigenvalue weighted by molar-refractivity contribution is 6.06. The molecule has 0 aliphatic heterocycles. The molecule has 0 unspecified atom stereocenters. The van der Waals surface area contributed by atoms with Gasteiger partial charge in [0.25, 0.3) is 0 Å². The summed E-state index contributed by atoms with van der Waals surface area (Å²) in [5, 5.41) is 4.76. The van der Waals surface area contributed by atoms with E-state index in [4.69, 9.17) is 4.42 Å². The summed E-state index contributed by atoms with van der Waals surface area (Å²) >= 11 is 0.